The normalized spacial score (nSPS) is 14.9. The lowest BCUT2D eigenvalue weighted by atomic mass is 10.0. The molecular weight excluding hydrogens is 354 g/mol. The highest BCUT2D eigenvalue weighted by Crippen LogP contribution is 2.41. The Labute approximate surface area is 164 Å². The first-order valence-corrected chi connectivity index (χ1v) is 10.2. The molecule has 3 aromatic rings. The van der Waals surface area contributed by atoms with Crippen molar-refractivity contribution < 1.29 is 4.79 Å². The van der Waals surface area contributed by atoms with E-state index in [1.807, 2.05) is 57.2 Å². The fourth-order valence-corrected chi connectivity index (χ4v) is 4.16. The first-order valence-electron chi connectivity index (χ1n) is 9.33. The summed E-state index contributed by atoms with van der Waals surface area (Å²) in [5, 5.41) is 9.44. The molecular formula is C22H23N3OS. The average molecular weight is 378 g/mol. The molecule has 0 saturated heterocycles. The molecule has 0 aliphatic heterocycles. The van der Waals surface area contributed by atoms with Crippen LogP contribution >= 0.6 is 11.8 Å². The van der Waals surface area contributed by atoms with Crippen LogP contribution in [0.15, 0.2) is 53.7 Å². The number of hydrogen-bond donors (Lipinski definition) is 0. The monoisotopic (exact) mass is 377 g/mol. The van der Waals surface area contributed by atoms with Crippen LogP contribution in [0.1, 0.15) is 53.0 Å². The summed E-state index contributed by atoms with van der Waals surface area (Å²) >= 11 is 1.49. The van der Waals surface area contributed by atoms with Crippen molar-refractivity contribution in [3.05, 3.63) is 71.0 Å². The Bertz CT molecular complexity index is 976. The second-order valence-corrected chi connectivity index (χ2v) is 8.54. The van der Waals surface area contributed by atoms with Gasteiger partial charge in [-0.3, -0.25) is 9.36 Å². The number of benzene rings is 2. The number of rotatable bonds is 6. The lowest BCUT2D eigenvalue weighted by Crippen LogP contribution is -2.16. The number of para-hydroxylation sites is 1. The molecule has 27 heavy (non-hydrogen) atoms. The highest BCUT2D eigenvalue weighted by atomic mass is 32.2. The van der Waals surface area contributed by atoms with Crippen LogP contribution in [0.25, 0.3) is 5.69 Å². The predicted molar refractivity (Wildman–Crippen MR) is 109 cm³/mol. The number of carbonyl (C=O) groups excluding carboxylic acids is 1. The van der Waals surface area contributed by atoms with E-state index in [2.05, 4.69) is 26.9 Å². The molecule has 1 unspecified atom stereocenters. The third-order valence-electron chi connectivity index (χ3n) is 4.93. The topological polar surface area (TPSA) is 47.8 Å². The van der Waals surface area contributed by atoms with E-state index in [4.69, 9.17) is 0 Å². The molecule has 5 heteroatoms. The molecule has 1 aliphatic carbocycles. The Morgan fingerprint density at radius 3 is 2.56 bits per heavy atom. The van der Waals surface area contributed by atoms with Gasteiger partial charge in [0.1, 0.15) is 5.82 Å². The fourth-order valence-electron chi connectivity index (χ4n) is 3.22. The molecule has 0 N–H and O–H groups in total. The van der Waals surface area contributed by atoms with Gasteiger partial charge in [0.2, 0.25) is 0 Å². The number of ketones is 1. The summed E-state index contributed by atoms with van der Waals surface area (Å²) in [6.45, 7) is 5.96. The maximum absolute atomic E-state index is 13.0. The van der Waals surface area contributed by atoms with Crippen LogP contribution in [0, 0.1) is 13.8 Å². The quantitative estimate of drug-likeness (QED) is 0.442. The molecule has 1 fully saturated rings. The van der Waals surface area contributed by atoms with Crippen molar-refractivity contribution in [1.82, 2.24) is 14.8 Å². The Balaban J connectivity index is 1.64. The summed E-state index contributed by atoms with van der Waals surface area (Å²) < 4.78 is 2.12. The molecule has 1 heterocycles. The highest BCUT2D eigenvalue weighted by Gasteiger charge is 2.32. The van der Waals surface area contributed by atoms with E-state index >= 15 is 0 Å². The van der Waals surface area contributed by atoms with E-state index in [0.717, 1.165) is 46.2 Å². The molecule has 0 spiro atoms. The first-order chi connectivity index (χ1) is 13.0. The molecule has 1 saturated carbocycles. The van der Waals surface area contributed by atoms with Crippen molar-refractivity contribution in [1.29, 1.82) is 0 Å². The first kappa shape index (κ1) is 18.0. The lowest BCUT2D eigenvalue weighted by Gasteiger charge is -2.14. The number of carbonyl (C=O) groups is 1. The Morgan fingerprint density at radius 1 is 1.11 bits per heavy atom. The molecule has 4 rings (SSSR count). The van der Waals surface area contributed by atoms with Crippen molar-refractivity contribution in [3.63, 3.8) is 0 Å². The maximum atomic E-state index is 13.0. The van der Waals surface area contributed by atoms with Crippen molar-refractivity contribution in [2.24, 2.45) is 0 Å². The molecule has 0 radical (unpaired) electrons. The van der Waals surface area contributed by atoms with Crippen LogP contribution in [0.3, 0.4) is 0 Å². The Morgan fingerprint density at radius 2 is 1.85 bits per heavy atom. The van der Waals surface area contributed by atoms with Crippen LogP contribution in [0.5, 0.6) is 0 Å². The van der Waals surface area contributed by atoms with Crippen molar-refractivity contribution in [2.45, 2.75) is 49.9 Å². The summed E-state index contributed by atoms with van der Waals surface area (Å²) in [5.74, 6) is 1.63. The summed E-state index contributed by atoms with van der Waals surface area (Å²) in [5.41, 5.74) is 3.97. The van der Waals surface area contributed by atoms with Gasteiger partial charge in [0.05, 0.1) is 5.25 Å². The van der Waals surface area contributed by atoms with Gasteiger partial charge in [0.15, 0.2) is 10.9 Å². The van der Waals surface area contributed by atoms with E-state index < -0.39 is 0 Å². The highest BCUT2D eigenvalue weighted by molar-refractivity contribution is 8.00. The Hall–Kier alpha value is -2.40. The van der Waals surface area contributed by atoms with Crippen LogP contribution in [0.4, 0.5) is 0 Å². The van der Waals surface area contributed by atoms with Gasteiger partial charge in [-0.2, -0.15) is 0 Å². The van der Waals surface area contributed by atoms with Gasteiger partial charge >= 0.3 is 0 Å². The van der Waals surface area contributed by atoms with Gasteiger partial charge < -0.3 is 0 Å². The third kappa shape index (κ3) is 3.69. The zero-order valence-electron chi connectivity index (χ0n) is 15.8. The molecule has 0 bridgehead atoms. The van der Waals surface area contributed by atoms with E-state index in [1.54, 1.807) is 0 Å². The van der Waals surface area contributed by atoms with E-state index in [-0.39, 0.29) is 11.0 Å². The SMILES string of the molecule is Cc1ccc(C)c(C(=O)C(C)Sc2nnc(C3CC3)n2-c2ccccc2)c1. The van der Waals surface area contributed by atoms with Gasteiger partial charge in [-0.1, -0.05) is 47.7 Å². The number of Topliss-reactive ketones (excluding diaryl/α,β-unsaturated/α-hetero) is 1. The number of nitrogens with zero attached hydrogens (tertiary/aromatic N) is 3. The second kappa shape index (κ2) is 7.31. The number of hydrogen-bond acceptors (Lipinski definition) is 4. The standard InChI is InChI=1S/C22H23N3OS/c1-14-9-10-15(2)19(13-14)20(26)16(3)27-22-24-23-21(17-11-12-17)25(22)18-7-5-4-6-8-18/h4-10,13,16-17H,11-12H2,1-3H3. The number of aryl methyl sites for hydroxylation is 2. The molecule has 2 aromatic carbocycles. The fraction of sp³-hybridized carbons (Fsp3) is 0.318. The second-order valence-electron chi connectivity index (χ2n) is 7.23. The van der Waals surface area contributed by atoms with Crippen molar-refractivity contribution in [3.8, 4) is 5.69 Å². The number of thioether (sulfide) groups is 1. The van der Waals surface area contributed by atoms with Crippen molar-refractivity contribution in [2.75, 3.05) is 0 Å². The zero-order chi connectivity index (χ0) is 19.0. The summed E-state index contributed by atoms with van der Waals surface area (Å²) in [4.78, 5) is 13.0. The van der Waals surface area contributed by atoms with Crippen LogP contribution in [0.2, 0.25) is 0 Å². The molecule has 1 aromatic heterocycles. The van der Waals surface area contributed by atoms with Crippen LogP contribution in [-0.4, -0.2) is 25.8 Å². The molecule has 1 atom stereocenters. The zero-order valence-corrected chi connectivity index (χ0v) is 16.7. The minimum Gasteiger partial charge on any atom is -0.293 e. The third-order valence-corrected chi connectivity index (χ3v) is 5.97. The summed E-state index contributed by atoms with van der Waals surface area (Å²) in [6, 6.07) is 16.2. The lowest BCUT2D eigenvalue weighted by molar-refractivity contribution is 0.0993. The van der Waals surface area contributed by atoms with E-state index in [9.17, 15) is 4.79 Å². The van der Waals surface area contributed by atoms with Gasteiger partial charge in [-0.05, 0) is 57.4 Å². The van der Waals surface area contributed by atoms with E-state index in [1.165, 1.54) is 11.8 Å². The number of aromatic nitrogens is 3. The molecule has 0 amide bonds. The minimum absolute atomic E-state index is 0.136. The summed E-state index contributed by atoms with van der Waals surface area (Å²) in [6.07, 6.45) is 2.32. The smallest absolute Gasteiger partial charge is 0.196 e. The van der Waals surface area contributed by atoms with Gasteiger partial charge in [0.25, 0.3) is 0 Å². The maximum Gasteiger partial charge on any atom is 0.196 e. The molecule has 138 valence electrons. The minimum atomic E-state index is -0.232. The largest absolute Gasteiger partial charge is 0.293 e. The average Bonchev–Trinajstić information content (AvgIpc) is 3.44. The predicted octanol–water partition coefficient (Wildman–Crippen LogP) is 5.13. The van der Waals surface area contributed by atoms with Gasteiger partial charge in [-0.25, -0.2) is 0 Å². The van der Waals surface area contributed by atoms with Crippen molar-refractivity contribution >= 4 is 17.5 Å². The Kier molecular flexibility index (Phi) is 4.87. The summed E-state index contributed by atoms with van der Waals surface area (Å²) in [7, 11) is 0. The van der Waals surface area contributed by atoms with Gasteiger partial charge in [-0.15, -0.1) is 10.2 Å². The molecule has 4 nitrogen and oxygen atoms in total. The van der Waals surface area contributed by atoms with Gasteiger partial charge in [0, 0.05) is 17.2 Å². The van der Waals surface area contributed by atoms with Crippen LogP contribution < -0.4 is 0 Å². The van der Waals surface area contributed by atoms with E-state index in [0.29, 0.717) is 5.92 Å². The molecule has 1 aliphatic rings. The van der Waals surface area contributed by atoms with Crippen LogP contribution in [-0.2, 0) is 0 Å².